The van der Waals surface area contributed by atoms with E-state index in [1.807, 2.05) is 13.2 Å². The summed E-state index contributed by atoms with van der Waals surface area (Å²) in [5.74, 6) is 0. The highest BCUT2D eigenvalue weighted by Gasteiger charge is 2.28. The Kier molecular flexibility index (Phi) is 2.75. The maximum Gasteiger partial charge on any atom is 0.0816 e. The monoisotopic (exact) mass is 165 g/mol. The van der Waals surface area contributed by atoms with Crippen LogP contribution >= 0.6 is 0 Å². The van der Waals surface area contributed by atoms with E-state index in [-0.39, 0.29) is 5.41 Å². The Balaban J connectivity index is 2.51. The van der Waals surface area contributed by atoms with Crippen LogP contribution in [0.1, 0.15) is 32.6 Å². The van der Waals surface area contributed by atoms with Crippen molar-refractivity contribution in [2.75, 3.05) is 7.11 Å². The van der Waals surface area contributed by atoms with Crippen LogP contribution in [0.3, 0.4) is 0 Å². The quantitative estimate of drug-likeness (QED) is 0.559. The summed E-state index contributed by atoms with van der Waals surface area (Å²) in [5, 5.41) is 8.87. The number of hydrogen-bond acceptors (Lipinski definition) is 2. The first-order chi connectivity index (χ1) is 5.70. The summed E-state index contributed by atoms with van der Waals surface area (Å²) in [5.41, 5.74) is 1.25. The van der Waals surface area contributed by atoms with Crippen LogP contribution in [0.25, 0.3) is 0 Å². The second-order valence-electron chi connectivity index (χ2n) is 3.68. The Bertz CT molecular complexity index is 214. The Morgan fingerprint density at radius 2 is 2.08 bits per heavy atom. The fourth-order valence-electron chi connectivity index (χ4n) is 1.52. The lowest BCUT2D eigenvalue weighted by molar-refractivity contribution is 0.302. The van der Waals surface area contributed by atoms with Crippen molar-refractivity contribution in [3.05, 3.63) is 11.8 Å². The molecule has 0 amide bonds. The van der Waals surface area contributed by atoms with Crippen molar-refractivity contribution < 1.29 is 4.74 Å². The molecule has 0 aromatic carbocycles. The van der Waals surface area contributed by atoms with Crippen molar-refractivity contribution in [2.45, 2.75) is 32.6 Å². The Morgan fingerprint density at radius 3 is 2.50 bits per heavy atom. The number of allylic oxidation sites excluding steroid dienone is 1. The third-order valence-corrected chi connectivity index (χ3v) is 2.55. The summed E-state index contributed by atoms with van der Waals surface area (Å²) in [7, 11) is 1.67. The molecular formula is C10H15NO. The van der Waals surface area contributed by atoms with Gasteiger partial charge in [-0.25, -0.2) is 0 Å². The van der Waals surface area contributed by atoms with Crippen molar-refractivity contribution in [1.29, 1.82) is 5.26 Å². The van der Waals surface area contributed by atoms with Gasteiger partial charge in [0.15, 0.2) is 0 Å². The van der Waals surface area contributed by atoms with Crippen LogP contribution in [-0.4, -0.2) is 7.11 Å². The molecule has 0 heterocycles. The van der Waals surface area contributed by atoms with E-state index in [1.54, 1.807) is 7.11 Å². The molecule has 0 radical (unpaired) electrons. The van der Waals surface area contributed by atoms with Gasteiger partial charge in [0.25, 0.3) is 0 Å². The first kappa shape index (κ1) is 9.12. The van der Waals surface area contributed by atoms with E-state index in [0.29, 0.717) is 0 Å². The summed E-state index contributed by atoms with van der Waals surface area (Å²) in [6, 6.07) is 2.37. The van der Waals surface area contributed by atoms with Gasteiger partial charge in [0.1, 0.15) is 0 Å². The first-order valence-corrected chi connectivity index (χ1v) is 4.32. The molecule has 1 aliphatic rings. The third kappa shape index (κ3) is 2.01. The predicted molar refractivity (Wildman–Crippen MR) is 47.3 cm³/mol. The Labute approximate surface area is 73.8 Å². The first-order valence-electron chi connectivity index (χ1n) is 4.32. The molecular weight excluding hydrogens is 150 g/mol. The summed E-state index contributed by atoms with van der Waals surface area (Å²) in [6.07, 6.45) is 5.78. The number of nitrogens with zero attached hydrogens (tertiary/aromatic N) is 1. The third-order valence-electron chi connectivity index (χ3n) is 2.55. The van der Waals surface area contributed by atoms with Gasteiger partial charge in [-0.15, -0.1) is 0 Å². The highest BCUT2D eigenvalue weighted by Crippen LogP contribution is 2.37. The minimum absolute atomic E-state index is 0.0922. The zero-order valence-electron chi connectivity index (χ0n) is 7.76. The van der Waals surface area contributed by atoms with E-state index >= 15 is 0 Å². The molecule has 0 aromatic rings. The molecule has 2 heteroatoms. The Morgan fingerprint density at radius 1 is 1.50 bits per heavy atom. The zero-order valence-corrected chi connectivity index (χ0v) is 7.76. The number of hydrogen-bond donors (Lipinski definition) is 0. The summed E-state index contributed by atoms with van der Waals surface area (Å²) in [4.78, 5) is 0. The normalized spacial score (nSPS) is 29.2. The van der Waals surface area contributed by atoms with Crippen molar-refractivity contribution >= 4 is 0 Å². The lowest BCUT2D eigenvalue weighted by Crippen LogP contribution is -2.18. The summed E-state index contributed by atoms with van der Waals surface area (Å²) >= 11 is 0. The summed E-state index contributed by atoms with van der Waals surface area (Å²) < 4.78 is 4.94. The van der Waals surface area contributed by atoms with Gasteiger partial charge in [0, 0.05) is 0 Å². The van der Waals surface area contributed by atoms with Crippen LogP contribution in [0.15, 0.2) is 11.8 Å². The molecule has 1 fully saturated rings. The topological polar surface area (TPSA) is 33.0 Å². The lowest BCUT2D eigenvalue weighted by Gasteiger charge is -2.27. The van der Waals surface area contributed by atoms with Crippen LogP contribution in [0.2, 0.25) is 0 Å². The highest BCUT2D eigenvalue weighted by atomic mass is 16.5. The van der Waals surface area contributed by atoms with Gasteiger partial charge in [-0.2, -0.15) is 5.26 Å². The molecule has 1 saturated carbocycles. The van der Waals surface area contributed by atoms with Crippen molar-refractivity contribution in [3.63, 3.8) is 0 Å². The molecule has 0 N–H and O–H groups in total. The van der Waals surface area contributed by atoms with Gasteiger partial charge < -0.3 is 4.74 Å². The molecule has 0 unspecified atom stereocenters. The number of nitriles is 1. The highest BCUT2D eigenvalue weighted by molar-refractivity contribution is 5.09. The van der Waals surface area contributed by atoms with Crippen molar-refractivity contribution in [1.82, 2.24) is 0 Å². The molecule has 0 spiro atoms. The maximum atomic E-state index is 8.87. The van der Waals surface area contributed by atoms with Crippen molar-refractivity contribution in [2.24, 2.45) is 5.41 Å². The van der Waals surface area contributed by atoms with Gasteiger partial charge in [0.2, 0.25) is 0 Å². The fourth-order valence-corrected chi connectivity index (χ4v) is 1.52. The minimum atomic E-state index is -0.0922. The van der Waals surface area contributed by atoms with E-state index < -0.39 is 0 Å². The van der Waals surface area contributed by atoms with Gasteiger partial charge in [-0.3, -0.25) is 0 Å². The van der Waals surface area contributed by atoms with Crippen LogP contribution < -0.4 is 0 Å². The second-order valence-corrected chi connectivity index (χ2v) is 3.68. The molecule has 1 aliphatic carbocycles. The van der Waals surface area contributed by atoms with Gasteiger partial charge in [-0.05, 0) is 38.2 Å². The van der Waals surface area contributed by atoms with Crippen LogP contribution in [0.4, 0.5) is 0 Å². The maximum absolute atomic E-state index is 8.87. The Hall–Kier alpha value is -0.970. The standard InChI is InChI=1S/C10H15NO/c1-10(8-11)5-3-9(4-6-10)7-12-2/h7H,3-6H2,1-2H3. The molecule has 0 atom stereocenters. The predicted octanol–water partition coefficient (Wildman–Crippen LogP) is 2.62. The molecule has 1 rings (SSSR count). The molecule has 12 heavy (non-hydrogen) atoms. The molecule has 0 saturated heterocycles. The van der Waals surface area contributed by atoms with Crippen LogP contribution in [0, 0.1) is 16.7 Å². The van der Waals surface area contributed by atoms with E-state index in [4.69, 9.17) is 10.00 Å². The van der Waals surface area contributed by atoms with Gasteiger partial charge in [0.05, 0.1) is 24.9 Å². The molecule has 0 bridgehead atoms. The molecule has 0 aromatic heterocycles. The molecule has 66 valence electrons. The van der Waals surface area contributed by atoms with Crippen LogP contribution in [-0.2, 0) is 4.74 Å². The second kappa shape index (κ2) is 3.62. The van der Waals surface area contributed by atoms with Crippen molar-refractivity contribution in [3.8, 4) is 6.07 Å². The average Bonchev–Trinajstić information content (AvgIpc) is 2.10. The van der Waals surface area contributed by atoms with E-state index in [1.165, 1.54) is 5.57 Å². The smallest absolute Gasteiger partial charge is 0.0816 e. The number of rotatable bonds is 1. The van der Waals surface area contributed by atoms with Crippen LogP contribution in [0.5, 0.6) is 0 Å². The average molecular weight is 165 g/mol. The number of ether oxygens (including phenoxy) is 1. The minimum Gasteiger partial charge on any atom is -0.504 e. The lowest BCUT2D eigenvalue weighted by atomic mass is 9.75. The summed E-state index contributed by atoms with van der Waals surface area (Å²) in [6.45, 7) is 2.04. The van der Waals surface area contributed by atoms with E-state index in [2.05, 4.69) is 6.07 Å². The zero-order chi connectivity index (χ0) is 9.03. The largest absolute Gasteiger partial charge is 0.504 e. The number of methoxy groups -OCH3 is 1. The molecule has 2 nitrogen and oxygen atoms in total. The fraction of sp³-hybridized carbons (Fsp3) is 0.700. The van der Waals surface area contributed by atoms with E-state index in [9.17, 15) is 0 Å². The SMILES string of the molecule is COC=C1CCC(C)(C#N)CC1. The van der Waals surface area contributed by atoms with Gasteiger partial charge in [-0.1, -0.05) is 0 Å². The molecule has 0 aliphatic heterocycles. The van der Waals surface area contributed by atoms with E-state index in [0.717, 1.165) is 25.7 Å². The van der Waals surface area contributed by atoms with Gasteiger partial charge >= 0.3 is 0 Å².